The lowest BCUT2D eigenvalue weighted by atomic mass is 9.40. The number of aliphatic hydroxyl groups is 5. The van der Waals surface area contributed by atoms with Crippen LogP contribution in [0.25, 0.3) is 0 Å². The highest BCUT2D eigenvalue weighted by atomic mass is 16.5. The molecule has 5 aliphatic rings. The molecule has 6 rings (SSSR count). The van der Waals surface area contributed by atoms with Gasteiger partial charge in [-0.05, 0) is 156 Å². The molecule has 2 saturated carbocycles. The Morgan fingerprint density at radius 3 is 2.66 bits per heavy atom. The number of fused-ring (bicyclic) bond motifs is 3. The van der Waals surface area contributed by atoms with Crippen molar-refractivity contribution in [2.45, 2.75) is 114 Å². The lowest BCUT2D eigenvalue weighted by Crippen LogP contribution is -2.67. The second-order valence-electron chi connectivity index (χ2n) is 19.2. The lowest BCUT2D eigenvalue weighted by molar-refractivity contribution is -0.207. The van der Waals surface area contributed by atoms with Crippen molar-refractivity contribution in [2.75, 3.05) is 53.7 Å². The lowest BCUT2D eigenvalue weighted by Gasteiger charge is -2.66. The number of hydrogen-bond donors (Lipinski definition) is 7. The number of rotatable bonds is 17. The van der Waals surface area contributed by atoms with E-state index in [0.717, 1.165) is 66.3 Å². The number of benzene rings is 1. The fourth-order valence-corrected chi connectivity index (χ4v) is 12.2. The van der Waals surface area contributed by atoms with Gasteiger partial charge in [0.15, 0.2) is 0 Å². The minimum absolute atomic E-state index is 0.0326. The number of allylic oxidation sites excluding steroid dienone is 9. The highest BCUT2D eigenvalue weighted by Gasteiger charge is 2.71. The van der Waals surface area contributed by atoms with Gasteiger partial charge < -0.3 is 40.3 Å². The van der Waals surface area contributed by atoms with Crippen molar-refractivity contribution in [1.82, 2.24) is 10.6 Å². The maximum atomic E-state index is 13.2. The Balaban J connectivity index is 1.33. The first-order valence-electron chi connectivity index (χ1n) is 22.8. The molecular formula is C51H74N2O8. The summed E-state index contributed by atoms with van der Waals surface area (Å²) in [6, 6.07) is 8.68. The van der Waals surface area contributed by atoms with Crippen molar-refractivity contribution in [3.05, 3.63) is 106 Å². The summed E-state index contributed by atoms with van der Waals surface area (Å²) in [4.78, 5) is 12.8. The molecule has 1 aromatic rings. The monoisotopic (exact) mass is 843 g/mol. The zero-order valence-corrected chi connectivity index (χ0v) is 37.2. The van der Waals surface area contributed by atoms with E-state index in [0.29, 0.717) is 58.1 Å². The van der Waals surface area contributed by atoms with Gasteiger partial charge in [-0.2, -0.15) is 0 Å². The van der Waals surface area contributed by atoms with Crippen LogP contribution in [-0.4, -0.2) is 109 Å². The molecule has 4 aliphatic carbocycles. The van der Waals surface area contributed by atoms with Gasteiger partial charge in [0, 0.05) is 42.6 Å². The Kier molecular flexibility index (Phi) is 16.1. The third kappa shape index (κ3) is 9.88. The molecule has 0 amide bonds. The first kappa shape index (κ1) is 47.4. The van der Waals surface area contributed by atoms with Gasteiger partial charge in [0.05, 0.1) is 31.5 Å². The number of aldehydes is 1. The van der Waals surface area contributed by atoms with Crippen LogP contribution in [0.15, 0.2) is 95.2 Å². The average Bonchev–Trinajstić information content (AvgIpc) is 3.59. The number of nitrogens with one attached hydrogen (secondary N) is 2. The third-order valence-corrected chi connectivity index (χ3v) is 15.2. The van der Waals surface area contributed by atoms with Crippen LogP contribution in [-0.2, 0) is 27.1 Å². The van der Waals surface area contributed by atoms with Crippen LogP contribution in [0.3, 0.4) is 0 Å². The summed E-state index contributed by atoms with van der Waals surface area (Å²) in [6.07, 6.45) is 19.7. The second-order valence-corrected chi connectivity index (χ2v) is 19.2. The maximum Gasteiger partial charge on any atom is 0.146 e. The predicted molar refractivity (Wildman–Crippen MR) is 240 cm³/mol. The normalized spacial score (nSPS) is 36.3. The summed E-state index contributed by atoms with van der Waals surface area (Å²) in [5.41, 5.74) is 3.93. The first-order valence-corrected chi connectivity index (χ1v) is 22.8. The molecule has 4 bridgehead atoms. The molecule has 2 fully saturated rings. The van der Waals surface area contributed by atoms with E-state index in [1.54, 1.807) is 7.11 Å². The largest absolute Gasteiger partial charge is 0.396 e. The molecule has 1 aromatic carbocycles. The summed E-state index contributed by atoms with van der Waals surface area (Å²) in [7, 11) is 3.58. The highest BCUT2D eigenvalue weighted by molar-refractivity contribution is 5.77. The third-order valence-electron chi connectivity index (χ3n) is 15.2. The van der Waals surface area contributed by atoms with Gasteiger partial charge in [-0.25, -0.2) is 0 Å². The fraction of sp³-hybridized carbons (Fsp3) is 0.627. The number of aliphatic hydroxyl groups excluding tert-OH is 4. The summed E-state index contributed by atoms with van der Waals surface area (Å²) in [5, 5.41) is 64.3. The molecule has 10 heteroatoms. The Hall–Kier alpha value is -3.03. The Bertz CT molecular complexity index is 1850. The van der Waals surface area contributed by atoms with Crippen LogP contribution in [0.1, 0.15) is 89.2 Å². The van der Waals surface area contributed by atoms with Gasteiger partial charge in [0.25, 0.3) is 0 Å². The minimum Gasteiger partial charge on any atom is -0.396 e. The van der Waals surface area contributed by atoms with E-state index in [-0.39, 0.29) is 55.6 Å². The van der Waals surface area contributed by atoms with Crippen LogP contribution < -0.4 is 10.6 Å². The van der Waals surface area contributed by atoms with Crippen molar-refractivity contribution in [3.8, 4) is 0 Å². The van der Waals surface area contributed by atoms with Crippen LogP contribution in [0, 0.1) is 34.5 Å². The molecule has 0 unspecified atom stereocenters. The smallest absolute Gasteiger partial charge is 0.146 e. The minimum atomic E-state index is -1.24. The number of ether oxygens (including phenoxy) is 2. The SMILES string of the molecule is C=C(/C=C/C=C(/COCCO)[C@@H]1CC[C@]2([C@@H]1O)[C@H]1C3=C(C=O)CCC[C@@]3(C=C[C@@H]1CCO)C[C@]2(O)CCNC)[C@@H]1C/C=C(\C)[C@H](O)N[C@](C)(CCOC)Cc2cccc(c2)C1. The van der Waals surface area contributed by atoms with Gasteiger partial charge in [-0.15, -0.1) is 0 Å². The van der Waals surface area contributed by atoms with E-state index >= 15 is 0 Å². The Labute approximate surface area is 364 Å². The zero-order chi connectivity index (χ0) is 43.8. The average molecular weight is 843 g/mol. The molecule has 7 N–H and O–H groups in total. The first-order chi connectivity index (χ1) is 29.3. The zero-order valence-electron chi connectivity index (χ0n) is 37.2. The van der Waals surface area contributed by atoms with Crippen LogP contribution in [0.2, 0.25) is 0 Å². The molecule has 1 aliphatic heterocycles. The number of carbonyl (C=O) groups excluding carboxylic acids is 1. The topological polar surface area (TPSA) is 161 Å². The van der Waals surface area contributed by atoms with Crippen LogP contribution >= 0.6 is 0 Å². The van der Waals surface area contributed by atoms with Gasteiger partial charge in [-0.1, -0.05) is 72.9 Å². The summed E-state index contributed by atoms with van der Waals surface area (Å²) in [6.45, 7) is 10.00. The molecule has 0 aromatic heterocycles. The van der Waals surface area contributed by atoms with Crippen molar-refractivity contribution in [3.63, 3.8) is 0 Å². The number of hydrogen-bond acceptors (Lipinski definition) is 10. The van der Waals surface area contributed by atoms with E-state index in [1.807, 2.05) is 32.2 Å². The molecule has 61 heavy (non-hydrogen) atoms. The number of carbonyl (C=O) groups is 1. The van der Waals surface area contributed by atoms with Crippen LogP contribution in [0.5, 0.6) is 0 Å². The molecule has 1 spiro atoms. The summed E-state index contributed by atoms with van der Waals surface area (Å²) in [5.74, 6) is -0.745. The van der Waals surface area contributed by atoms with E-state index in [1.165, 1.54) is 11.1 Å². The van der Waals surface area contributed by atoms with Crippen molar-refractivity contribution < 1.29 is 39.8 Å². The summed E-state index contributed by atoms with van der Waals surface area (Å²) >= 11 is 0. The van der Waals surface area contributed by atoms with Gasteiger partial charge >= 0.3 is 0 Å². The predicted octanol–water partition coefficient (Wildman–Crippen LogP) is 5.84. The van der Waals surface area contributed by atoms with Gasteiger partial charge in [0.1, 0.15) is 12.5 Å². The highest BCUT2D eigenvalue weighted by Crippen LogP contribution is 2.72. The van der Waals surface area contributed by atoms with Crippen molar-refractivity contribution in [1.29, 1.82) is 0 Å². The van der Waals surface area contributed by atoms with Gasteiger partial charge in [0.2, 0.25) is 0 Å². The maximum absolute atomic E-state index is 13.2. The molecule has 0 radical (unpaired) electrons. The molecule has 336 valence electrons. The van der Waals surface area contributed by atoms with E-state index < -0.39 is 28.8 Å². The van der Waals surface area contributed by atoms with E-state index in [2.05, 4.69) is 66.6 Å². The van der Waals surface area contributed by atoms with Crippen LogP contribution in [0.4, 0.5) is 0 Å². The van der Waals surface area contributed by atoms with Crippen molar-refractivity contribution >= 4 is 6.29 Å². The van der Waals surface area contributed by atoms with E-state index in [9.17, 15) is 30.3 Å². The molecule has 1 heterocycles. The fourth-order valence-electron chi connectivity index (χ4n) is 12.2. The quantitative estimate of drug-likeness (QED) is 0.0440. The van der Waals surface area contributed by atoms with E-state index in [4.69, 9.17) is 9.47 Å². The summed E-state index contributed by atoms with van der Waals surface area (Å²) < 4.78 is 11.4. The molecular weight excluding hydrogens is 769 g/mol. The molecule has 10 nitrogen and oxygen atoms in total. The Morgan fingerprint density at radius 2 is 1.92 bits per heavy atom. The number of methoxy groups -OCH3 is 1. The Morgan fingerprint density at radius 1 is 1.11 bits per heavy atom. The molecule has 0 saturated heterocycles. The second kappa shape index (κ2) is 20.6. The standard InChI is InChI=1S/C51H74N2O8/c1-35(40-15-14-36(2)47(58)53-48(3,23-27-60-5)31-38-11-7-10-37(29-38)30-40)9-6-12-42(33-61-28-26-55)43-17-21-51(46(43)57)45-39(18-25-54)16-20-49(34-50(51,59)22-24-52-4)19-8-13-41(32-56)44(45)49/h6-7,9-12,14,16,20,29,32,39-40,43,45-47,52-55,57-59H,1,8,13,15,17-19,21-28,30-31,33-34H2,2-5H3/b9-6+,36-14+,42-12-/t39-,40-,43+,45-,46-,47+,48-,49-,50-,51-/m1/s1. The van der Waals surface area contributed by atoms with Gasteiger partial charge in [-0.3, -0.25) is 10.1 Å². The van der Waals surface area contributed by atoms with Crippen molar-refractivity contribution in [2.24, 2.45) is 34.5 Å². The molecule has 10 atom stereocenters.